The average Bonchev–Trinajstić information content (AvgIpc) is 2.91. The van der Waals surface area contributed by atoms with Crippen molar-refractivity contribution in [1.82, 2.24) is 15.6 Å². The van der Waals surface area contributed by atoms with Crippen LogP contribution in [0.15, 0.2) is 9.41 Å². The highest BCUT2D eigenvalue weighted by atomic mass is 16.5. The van der Waals surface area contributed by atoms with Gasteiger partial charge >= 0.3 is 0 Å². The standard InChI is InChI=1S/C17H30N4O3/c1-4-18-17(20-12-16-21-13(2)14(3)24-16)19-8-5-9-23-15-6-10-22-11-7-15/h15H,4-12H2,1-3H3,(H2,18,19,20). The van der Waals surface area contributed by atoms with Gasteiger partial charge in [0.25, 0.3) is 0 Å². The molecule has 1 aromatic rings. The zero-order valence-electron chi connectivity index (χ0n) is 15.1. The lowest BCUT2D eigenvalue weighted by molar-refractivity contribution is -0.0320. The fourth-order valence-corrected chi connectivity index (χ4v) is 2.47. The topological polar surface area (TPSA) is 80.9 Å². The number of guanidine groups is 1. The van der Waals surface area contributed by atoms with E-state index in [9.17, 15) is 0 Å². The maximum absolute atomic E-state index is 5.86. The van der Waals surface area contributed by atoms with Gasteiger partial charge < -0.3 is 24.5 Å². The molecule has 0 unspecified atom stereocenters. The monoisotopic (exact) mass is 338 g/mol. The third-order valence-corrected chi connectivity index (χ3v) is 3.92. The Morgan fingerprint density at radius 1 is 1.29 bits per heavy atom. The van der Waals surface area contributed by atoms with Crippen molar-refractivity contribution in [2.75, 3.05) is 32.9 Å². The lowest BCUT2D eigenvalue weighted by Crippen LogP contribution is -2.38. The van der Waals surface area contributed by atoms with Gasteiger partial charge in [0.2, 0.25) is 5.89 Å². The number of aryl methyl sites for hydroxylation is 2. The van der Waals surface area contributed by atoms with Crippen molar-refractivity contribution < 1.29 is 13.9 Å². The molecule has 7 nitrogen and oxygen atoms in total. The minimum absolute atomic E-state index is 0.358. The summed E-state index contributed by atoms with van der Waals surface area (Å²) in [5.41, 5.74) is 0.920. The van der Waals surface area contributed by atoms with Crippen LogP contribution in [0.1, 0.15) is 43.5 Å². The van der Waals surface area contributed by atoms with Crippen molar-refractivity contribution in [3.63, 3.8) is 0 Å². The van der Waals surface area contributed by atoms with E-state index in [2.05, 4.69) is 20.6 Å². The van der Waals surface area contributed by atoms with Crippen LogP contribution in [0.5, 0.6) is 0 Å². The number of hydrogen-bond acceptors (Lipinski definition) is 5. The summed E-state index contributed by atoms with van der Waals surface area (Å²) in [5, 5.41) is 6.54. The highest BCUT2D eigenvalue weighted by molar-refractivity contribution is 5.79. The van der Waals surface area contributed by atoms with Crippen LogP contribution in [0.3, 0.4) is 0 Å². The van der Waals surface area contributed by atoms with Crippen molar-refractivity contribution in [3.05, 3.63) is 17.3 Å². The van der Waals surface area contributed by atoms with Crippen LogP contribution < -0.4 is 10.6 Å². The molecule has 0 amide bonds. The summed E-state index contributed by atoms with van der Waals surface area (Å²) >= 11 is 0. The molecule has 2 heterocycles. The smallest absolute Gasteiger partial charge is 0.216 e. The highest BCUT2D eigenvalue weighted by Crippen LogP contribution is 2.10. The van der Waals surface area contributed by atoms with Crippen LogP contribution >= 0.6 is 0 Å². The van der Waals surface area contributed by atoms with Gasteiger partial charge in [0.15, 0.2) is 5.96 Å². The number of nitrogens with zero attached hydrogens (tertiary/aromatic N) is 2. The molecule has 1 aliphatic rings. The van der Waals surface area contributed by atoms with Crippen LogP contribution in [0.25, 0.3) is 0 Å². The molecule has 0 spiro atoms. The van der Waals surface area contributed by atoms with E-state index in [0.29, 0.717) is 18.5 Å². The molecule has 1 aliphatic heterocycles. The molecule has 2 rings (SSSR count). The van der Waals surface area contributed by atoms with E-state index >= 15 is 0 Å². The van der Waals surface area contributed by atoms with Crippen LogP contribution in [0.2, 0.25) is 0 Å². The Hall–Kier alpha value is -1.60. The predicted octanol–water partition coefficient (Wildman–Crippen LogP) is 1.93. The van der Waals surface area contributed by atoms with Gasteiger partial charge in [-0.05, 0) is 40.0 Å². The number of aliphatic imine (C=N–C) groups is 1. The van der Waals surface area contributed by atoms with E-state index in [-0.39, 0.29) is 0 Å². The molecule has 2 N–H and O–H groups in total. The number of oxazole rings is 1. The van der Waals surface area contributed by atoms with Crippen LogP contribution in [0.4, 0.5) is 0 Å². The van der Waals surface area contributed by atoms with Gasteiger partial charge in [0.05, 0.1) is 11.8 Å². The third kappa shape index (κ3) is 6.49. The summed E-state index contributed by atoms with van der Waals surface area (Å²) in [7, 11) is 0. The highest BCUT2D eigenvalue weighted by Gasteiger charge is 2.13. The van der Waals surface area contributed by atoms with E-state index in [1.807, 2.05) is 20.8 Å². The zero-order chi connectivity index (χ0) is 17.2. The maximum atomic E-state index is 5.86. The second-order valence-corrected chi connectivity index (χ2v) is 5.91. The summed E-state index contributed by atoms with van der Waals surface area (Å²) in [6, 6.07) is 0. The first-order valence-electron chi connectivity index (χ1n) is 8.83. The zero-order valence-corrected chi connectivity index (χ0v) is 15.1. The molecule has 24 heavy (non-hydrogen) atoms. The molecule has 0 radical (unpaired) electrons. The molecular weight excluding hydrogens is 308 g/mol. The normalized spacial score (nSPS) is 16.4. The maximum Gasteiger partial charge on any atom is 0.216 e. The summed E-state index contributed by atoms with van der Waals surface area (Å²) in [4.78, 5) is 8.85. The molecule has 7 heteroatoms. The molecule has 1 fully saturated rings. The first-order chi connectivity index (χ1) is 11.7. The van der Waals surface area contributed by atoms with Gasteiger partial charge in [-0.3, -0.25) is 0 Å². The molecule has 0 atom stereocenters. The van der Waals surface area contributed by atoms with Gasteiger partial charge in [-0.1, -0.05) is 0 Å². The molecule has 1 saturated heterocycles. The van der Waals surface area contributed by atoms with E-state index in [1.165, 1.54) is 0 Å². The number of nitrogens with one attached hydrogen (secondary N) is 2. The number of hydrogen-bond donors (Lipinski definition) is 2. The number of ether oxygens (including phenoxy) is 2. The number of rotatable bonds is 8. The Labute approximate surface area is 144 Å². The van der Waals surface area contributed by atoms with E-state index in [4.69, 9.17) is 13.9 Å². The molecule has 0 aromatic carbocycles. The number of aromatic nitrogens is 1. The van der Waals surface area contributed by atoms with Gasteiger partial charge in [0, 0.05) is 32.9 Å². The van der Waals surface area contributed by atoms with Crippen molar-refractivity contribution in [2.24, 2.45) is 4.99 Å². The van der Waals surface area contributed by atoms with Crippen molar-refractivity contribution in [3.8, 4) is 0 Å². The minimum Gasteiger partial charge on any atom is -0.444 e. The van der Waals surface area contributed by atoms with Gasteiger partial charge in [-0.15, -0.1) is 0 Å². The molecule has 0 bridgehead atoms. The summed E-state index contributed by atoms with van der Waals surface area (Å²) < 4.78 is 16.7. The van der Waals surface area contributed by atoms with Crippen molar-refractivity contribution in [1.29, 1.82) is 0 Å². The quantitative estimate of drug-likeness (QED) is 0.428. The SMILES string of the molecule is CCNC(=NCc1nc(C)c(C)o1)NCCCOC1CCOCC1. The van der Waals surface area contributed by atoms with Gasteiger partial charge in [0.1, 0.15) is 12.3 Å². The van der Waals surface area contributed by atoms with E-state index < -0.39 is 0 Å². The van der Waals surface area contributed by atoms with Crippen molar-refractivity contribution in [2.45, 2.75) is 52.7 Å². The van der Waals surface area contributed by atoms with E-state index in [0.717, 1.165) is 69.6 Å². The van der Waals surface area contributed by atoms with Crippen LogP contribution in [-0.2, 0) is 16.0 Å². The summed E-state index contributed by atoms with van der Waals surface area (Å²) in [5.74, 6) is 2.27. The Kier molecular flexibility index (Phi) is 8.04. The Morgan fingerprint density at radius 3 is 2.75 bits per heavy atom. The second kappa shape index (κ2) is 10.3. The largest absolute Gasteiger partial charge is 0.444 e. The van der Waals surface area contributed by atoms with Gasteiger partial charge in [-0.2, -0.15) is 0 Å². The molecular formula is C17H30N4O3. The first kappa shape index (κ1) is 18.7. The summed E-state index contributed by atoms with van der Waals surface area (Å²) in [6.45, 7) is 10.4. The van der Waals surface area contributed by atoms with E-state index in [1.54, 1.807) is 0 Å². The minimum atomic E-state index is 0.358. The Morgan fingerprint density at radius 2 is 2.08 bits per heavy atom. The van der Waals surface area contributed by atoms with Crippen LogP contribution in [0, 0.1) is 13.8 Å². The Bertz CT molecular complexity index is 490. The molecule has 136 valence electrons. The predicted molar refractivity (Wildman–Crippen MR) is 93.2 cm³/mol. The fourth-order valence-electron chi connectivity index (χ4n) is 2.47. The molecule has 0 saturated carbocycles. The molecule has 1 aromatic heterocycles. The lowest BCUT2D eigenvalue weighted by Gasteiger charge is -2.22. The Balaban J connectivity index is 1.67. The molecule has 0 aliphatic carbocycles. The third-order valence-electron chi connectivity index (χ3n) is 3.92. The average molecular weight is 338 g/mol. The lowest BCUT2D eigenvalue weighted by atomic mass is 10.1. The fraction of sp³-hybridized carbons (Fsp3) is 0.765. The second-order valence-electron chi connectivity index (χ2n) is 5.91. The summed E-state index contributed by atoms with van der Waals surface area (Å²) in [6.07, 6.45) is 3.31. The van der Waals surface area contributed by atoms with Crippen molar-refractivity contribution >= 4 is 5.96 Å². The first-order valence-corrected chi connectivity index (χ1v) is 8.83. The van der Waals surface area contributed by atoms with Crippen LogP contribution in [-0.4, -0.2) is 50.0 Å². The van der Waals surface area contributed by atoms with Gasteiger partial charge in [-0.25, -0.2) is 9.98 Å².